The van der Waals surface area contributed by atoms with Crippen molar-refractivity contribution in [1.29, 1.82) is 0 Å². The lowest BCUT2D eigenvalue weighted by Gasteiger charge is -2.11. The average molecular weight is 198 g/mol. The van der Waals surface area contributed by atoms with Crippen molar-refractivity contribution in [2.45, 2.75) is 18.9 Å². The maximum Gasteiger partial charge on any atom is 0.100 e. The van der Waals surface area contributed by atoms with Crippen LogP contribution >= 0.6 is 0 Å². The van der Waals surface area contributed by atoms with Crippen molar-refractivity contribution in [3.8, 4) is 0 Å². The van der Waals surface area contributed by atoms with Gasteiger partial charge in [0.25, 0.3) is 0 Å². The molecule has 1 aromatic heterocycles. The van der Waals surface area contributed by atoms with Gasteiger partial charge in [-0.25, -0.2) is 0 Å². The smallest absolute Gasteiger partial charge is 0.100 e. The van der Waals surface area contributed by atoms with Crippen molar-refractivity contribution >= 4 is 10.8 Å². The SMILES string of the molecule is [c]1cnc([C@H]2CCCO2)c2ccccc12. The first-order valence-corrected chi connectivity index (χ1v) is 5.32. The van der Waals surface area contributed by atoms with Gasteiger partial charge in [-0.2, -0.15) is 0 Å². The predicted octanol–water partition coefficient (Wildman–Crippen LogP) is 2.89. The van der Waals surface area contributed by atoms with Crippen LogP contribution < -0.4 is 0 Å². The standard InChI is InChI=1S/C13H12NO/c1-2-5-11-10(4-1)7-8-14-13(11)12-6-3-9-15-12/h1-2,4-5,8,12H,3,6,9H2/t12-/m1/s1. The molecular weight excluding hydrogens is 186 g/mol. The van der Waals surface area contributed by atoms with Crippen LogP contribution in [0.1, 0.15) is 24.6 Å². The number of hydrogen-bond donors (Lipinski definition) is 0. The number of aromatic nitrogens is 1. The zero-order valence-electron chi connectivity index (χ0n) is 8.44. The summed E-state index contributed by atoms with van der Waals surface area (Å²) in [5, 5.41) is 2.30. The van der Waals surface area contributed by atoms with Gasteiger partial charge in [0.2, 0.25) is 0 Å². The van der Waals surface area contributed by atoms with E-state index in [0.717, 1.165) is 30.5 Å². The van der Waals surface area contributed by atoms with E-state index in [4.69, 9.17) is 4.74 Å². The van der Waals surface area contributed by atoms with E-state index in [2.05, 4.69) is 23.2 Å². The molecule has 1 fully saturated rings. The number of benzene rings is 1. The summed E-state index contributed by atoms with van der Waals surface area (Å²) >= 11 is 0. The Labute approximate surface area is 88.9 Å². The molecule has 1 aliphatic heterocycles. The third-order valence-corrected chi connectivity index (χ3v) is 2.86. The fourth-order valence-electron chi connectivity index (χ4n) is 2.12. The van der Waals surface area contributed by atoms with Gasteiger partial charge >= 0.3 is 0 Å². The molecule has 1 saturated heterocycles. The van der Waals surface area contributed by atoms with Crippen LogP contribution in [-0.2, 0) is 4.74 Å². The van der Waals surface area contributed by atoms with Gasteiger partial charge in [0.1, 0.15) is 6.10 Å². The van der Waals surface area contributed by atoms with Crippen molar-refractivity contribution < 1.29 is 4.74 Å². The molecule has 0 N–H and O–H groups in total. The molecule has 0 aliphatic carbocycles. The van der Waals surface area contributed by atoms with Gasteiger partial charge in [-0.1, -0.05) is 24.3 Å². The van der Waals surface area contributed by atoms with Gasteiger partial charge in [-0.15, -0.1) is 0 Å². The third-order valence-electron chi connectivity index (χ3n) is 2.86. The van der Waals surface area contributed by atoms with Gasteiger partial charge in [0.15, 0.2) is 0 Å². The summed E-state index contributed by atoms with van der Waals surface area (Å²) < 4.78 is 5.67. The molecule has 0 bridgehead atoms. The maximum absolute atomic E-state index is 5.67. The molecule has 2 nitrogen and oxygen atoms in total. The van der Waals surface area contributed by atoms with Crippen LogP contribution in [0.2, 0.25) is 0 Å². The number of ether oxygens (including phenoxy) is 1. The lowest BCUT2D eigenvalue weighted by Crippen LogP contribution is -1.99. The van der Waals surface area contributed by atoms with E-state index in [1.54, 1.807) is 6.20 Å². The second kappa shape index (κ2) is 3.63. The van der Waals surface area contributed by atoms with Crippen molar-refractivity contribution in [2.24, 2.45) is 0 Å². The fourth-order valence-corrected chi connectivity index (χ4v) is 2.12. The quantitative estimate of drug-likeness (QED) is 0.703. The fraction of sp³-hybridized carbons (Fsp3) is 0.308. The molecule has 1 atom stereocenters. The molecule has 0 saturated carbocycles. The topological polar surface area (TPSA) is 22.1 Å². The summed E-state index contributed by atoms with van der Waals surface area (Å²) in [7, 11) is 0. The number of hydrogen-bond acceptors (Lipinski definition) is 2. The minimum Gasteiger partial charge on any atom is -0.372 e. The van der Waals surface area contributed by atoms with Gasteiger partial charge in [-0.3, -0.25) is 4.98 Å². The van der Waals surface area contributed by atoms with E-state index in [1.165, 1.54) is 5.39 Å². The molecule has 1 radical (unpaired) electrons. The molecule has 2 heterocycles. The third kappa shape index (κ3) is 1.51. The summed E-state index contributed by atoms with van der Waals surface area (Å²) in [4.78, 5) is 4.41. The molecule has 0 unspecified atom stereocenters. The normalized spacial score (nSPS) is 20.9. The van der Waals surface area contributed by atoms with Crippen LogP contribution in [0.5, 0.6) is 0 Å². The molecule has 1 aromatic carbocycles. The maximum atomic E-state index is 5.67. The summed E-state index contributed by atoms with van der Waals surface area (Å²) in [6.07, 6.45) is 4.16. The summed E-state index contributed by atoms with van der Waals surface area (Å²) in [6, 6.07) is 11.4. The van der Waals surface area contributed by atoms with E-state index in [9.17, 15) is 0 Å². The number of nitrogens with zero attached hydrogens (tertiary/aromatic N) is 1. The Balaban J connectivity index is 2.16. The molecule has 75 valence electrons. The largest absolute Gasteiger partial charge is 0.372 e. The van der Waals surface area contributed by atoms with Crippen LogP contribution in [0.15, 0.2) is 30.5 Å². The van der Waals surface area contributed by atoms with E-state index >= 15 is 0 Å². The Kier molecular flexibility index (Phi) is 2.14. The molecule has 3 rings (SSSR count). The molecule has 2 aromatic rings. The molecule has 0 amide bonds. The van der Waals surface area contributed by atoms with Crippen LogP contribution in [0, 0.1) is 6.07 Å². The van der Waals surface area contributed by atoms with E-state index < -0.39 is 0 Å². The van der Waals surface area contributed by atoms with Crippen LogP contribution in [-0.4, -0.2) is 11.6 Å². The Morgan fingerprint density at radius 1 is 1.33 bits per heavy atom. The van der Waals surface area contributed by atoms with Crippen molar-refractivity contribution in [1.82, 2.24) is 4.98 Å². The first-order chi connectivity index (χ1) is 7.45. The van der Waals surface area contributed by atoms with Gasteiger partial charge in [0, 0.05) is 24.3 Å². The molecule has 2 heteroatoms. The lowest BCUT2D eigenvalue weighted by atomic mass is 10.1. The Morgan fingerprint density at radius 2 is 2.27 bits per heavy atom. The second-order valence-electron chi connectivity index (χ2n) is 3.84. The second-order valence-corrected chi connectivity index (χ2v) is 3.84. The number of fused-ring (bicyclic) bond motifs is 1. The monoisotopic (exact) mass is 198 g/mol. The Bertz CT molecular complexity index is 469. The van der Waals surface area contributed by atoms with E-state index in [-0.39, 0.29) is 6.10 Å². The zero-order valence-corrected chi connectivity index (χ0v) is 8.44. The molecule has 0 spiro atoms. The number of pyridine rings is 1. The average Bonchev–Trinajstić information content (AvgIpc) is 2.82. The Hall–Kier alpha value is -1.41. The predicted molar refractivity (Wildman–Crippen MR) is 58.5 cm³/mol. The molecule has 1 aliphatic rings. The first kappa shape index (κ1) is 8.86. The summed E-state index contributed by atoms with van der Waals surface area (Å²) in [5.74, 6) is 0. The minimum absolute atomic E-state index is 0.185. The van der Waals surface area contributed by atoms with Crippen molar-refractivity contribution in [3.05, 3.63) is 42.2 Å². The summed E-state index contributed by atoms with van der Waals surface area (Å²) in [6.45, 7) is 0.860. The van der Waals surface area contributed by atoms with E-state index in [1.807, 2.05) is 12.1 Å². The van der Waals surface area contributed by atoms with Gasteiger partial charge in [0.05, 0.1) is 5.69 Å². The van der Waals surface area contributed by atoms with E-state index in [0.29, 0.717) is 0 Å². The van der Waals surface area contributed by atoms with Crippen LogP contribution in [0.3, 0.4) is 0 Å². The summed E-state index contributed by atoms with van der Waals surface area (Å²) in [5.41, 5.74) is 1.07. The highest BCUT2D eigenvalue weighted by Gasteiger charge is 2.20. The molecular formula is C13H12NO. The van der Waals surface area contributed by atoms with Gasteiger partial charge < -0.3 is 4.74 Å². The highest BCUT2D eigenvalue weighted by Crippen LogP contribution is 2.31. The highest BCUT2D eigenvalue weighted by molar-refractivity contribution is 5.84. The van der Waals surface area contributed by atoms with Gasteiger partial charge in [-0.05, 0) is 18.2 Å². The van der Waals surface area contributed by atoms with Crippen LogP contribution in [0.25, 0.3) is 10.8 Å². The Morgan fingerprint density at radius 3 is 3.13 bits per heavy atom. The minimum atomic E-state index is 0.185. The van der Waals surface area contributed by atoms with Crippen molar-refractivity contribution in [2.75, 3.05) is 6.61 Å². The number of rotatable bonds is 1. The lowest BCUT2D eigenvalue weighted by molar-refractivity contribution is 0.110. The van der Waals surface area contributed by atoms with Crippen LogP contribution in [0.4, 0.5) is 0 Å². The highest BCUT2D eigenvalue weighted by atomic mass is 16.5. The molecule has 15 heavy (non-hydrogen) atoms. The first-order valence-electron chi connectivity index (χ1n) is 5.32. The van der Waals surface area contributed by atoms with Crippen molar-refractivity contribution in [3.63, 3.8) is 0 Å². The zero-order chi connectivity index (χ0) is 10.1.